The molecule has 0 atom stereocenters. The van der Waals surface area contributed by atoms with E-state index in [0.717, 1.165) is 42.1 Å². The van der Waals surface area contributed by atoms with E-state index in [4.69, 9.17) is 14.5 Å². The molecule has 150 valence electrons. The molecule has 0 saturated heterocycles. The number of ether oxygens (including phenoxy) is 2. The number of nitrogens with zero attached hydrogens (tertiary/aromatic N) is 4. The zero-order valence-electron chi connectivity index (χ0n) is 16.4. The maximum absolute atomic E-state index is 10.4. The summed E-state index contributed by atoms with van der Waals surface area (Å²) in [5, 5.41) is 10.4. The van der Waals surface area contributed by atoms with Crippen molar-refractivity contribution in [2.45, 2.75) is 19.4 Å². The molecule has 4 rings (SSSR count). The van der Waals surface area contributed by atoms with Crippen molar-refractivity contribution >= 4 is 5.82 Å². The van der Waals surface area contributed by atoms with Crippen LogP contribution in [0.1, 0.15) is 17.5 Å². The Morgan fingerprint density at radius 1 is 1.10 bits per heavy atom. The molecule has 0 bridgehead atoms. The van der Waals surface area contributed by atoms with E-state index in [1.165, 1.54) is 0 Å². The number of pyridine rings is 1. The van der Waals surface area contributed by atoms with E-state index < -0.39 is 0 Å². The van der Waals surface area contributed by atoms with Crippen LogP contribution in [0.2, 0.25) is 0 Å². The SMILES string of the molecule is COc1ccc(COCCN2CCCc3c(O)nc(-c4ccccn4)nc32)cc1. The molecule has 1 aromatic carbocycles. The van der Waals surface area contributed by atoms with Crippen LogP contribution in [-0.4, -0.2) is 46.9 Å². The first-order valence-electron chi connectivity index (χ1n) is 9.71. The van der Waals surface area contributed by atoms with E-state index in [2.05, 4.69) is 14.9 Å². The van der Waals surface area contributed by atoms with Crippen molar-refractivity contribution in [2.75, 3.05) is 31.7 Å². The van der Waals surface area contributed by atoms with E-state index in [0.29, 0.717) is 31.3 Å². The molecule has 7 heteroatoms. The van der Waals surface area contributed by atoms with Crippen LogP contribution in [0.3, 0.4) is 0 Å². The fourth-order valence-electron chi connectivity index (χ4n) is 3.41. The molecule has 0 saturated carbocycles. The Balaban J connectivity index is 1.42. The standard InChI is InChI=1S/C22H24N4O3/c1-28-17-9-7-16(8-10-17)15-29-14-13-26-12-4-5-18-21(26)24-20(25-22(18)27)19-6-2-3-11-23-19/h2-3,6-11H,4-5,12-15H2,1H3,(H,24,25,27). The lowest BCUT2D eigenvalue weighted by Crippen LogP contribution is -2.33. The summed E-state index contributed by atoms with van der Waals surface area (Å²) in [5.74, 6) is 2.09. The predicted molar refractivity (Wildman–Crippen MR) is 110 cm³/mol. The lowest BCUT2D eigenvalue weighted by molar-refractivity contribution is 0.126. The molecule has 0 amide bonds. The molecule has 1 aliphatic rings. The van der Waals surface area contributed by atoms with Gasteiger partial charge in [0.05, 0.1) is 25.9 Å². The van der Waals surface area contributed by atoms with Crippen LogP contribution in [-0.2, 0) is 17.8 Å². The van der Waals surface area contributed by atoms with Crippen molar-refractivity contribution in [1.82, 2.24) is 15.0 Å². The molecule has 0 spiro atoms. The summed E-state index contributed by atoms with van der Waals surface area (Å²) >= 11 is 0. The minimum absolute atomic E-state index is 0.0412. The van der Waals surface area contributed by atoms with Gasteiger partial charge in [-0.15, -0.1) is 0 Å². The highest BCUT2D eigenvalue weighted by Gasteiger charge is 2.24. The molecule has 29 heavy (non-hydrogen) atoms. The molecule has 1 N–H and O–H groups in total. The van der Waals surface area contributed by atoms with Gasteiger partial charge in [0.25, 0.3) is 0 Å². The highest BCUT2D eigenvalue weighted by molar-refractivity contribution is 5.60. The fourth-order valence-corrected chi connectivity index (χ4v) is 3.41. The molecule has 3 heterocycles. The van der Waals surface area contributed by atoms with Gasteiger partial charge in [-0.3, -0.25) is 4.98 Å². The lowest BCUT2D eigenvalue weighted by atomic mass is 10.1. The van der Waals surface area contributed by atoms with E-state index >= 15 is 0 Å². The van der Waals surface area contributed by atoms with Crippen molar-refractivity contribution in [1.29, 1.82) is 0 Å². The molecule has 7 nitrogen and oxygen atoms in total. The highest BCUT2D eigenvalue weighted by Crippen LogP contribution is 2.32. The zero-order chi connectivity index (χ0) is 20.1. The van der Waals surface area contributed by atoms with Gasteiger partial charge >= 0.3 is 0 Å². The van der Waals surface area contributed by atoms with E-state index in [9.17, 15) is 5.11 Å². The lowest BCUT2D eigenvalue weighted by Gasteiger charge is -2.30. The van der Waals surface area contributed by atoms with Gasteiger partial charge in [0.1, 0.15) is 17.3 Å². The van der Waals surface area contributed by atoms with Crippen LogP contribution in [0.25, 0.3) is 11.5 Å². The molecule has 0 radical (unpaired) electrons. The number of benzene rings is 1. The summed E-state index contributed by atoms with van der Waals surface area (Å²) in [6.07, 6.45) is 3.41. The number of anilines is 1. The minimum atomic E-state index is 0.0412. The van der Waals surface area contributed by atoms with Gasteiger partial charge in [0.2, 0.25) is 5.88 Å². The second kappa shape index (κ2) is 8.87. The molecule has 2 aromatic heterocycles. The molecule has 0 unspecified atom stereocenters. The smallest absolute Gasteiger partial charge is 0.219 e. The minimum Gasteiger partial charge on any atom is -0.497 e. The van der Waals surface area contributed by atoms with Crippen LogP contribution in [0, 0.1) is 0 Å². The third-order valence-corrected chi connectivity index (χ3v) is 4.95. The first kappa shape index (κ1) is 19.1. The van der Waals surface area contributed by atoms with Crippen molar-refractivity contribution in [3.8, 4) is 23.1 Å². The first-order valence-corrected chi connectivity index (χ1v) is 9.71. The summed E-state index contributed by atoms with van der Waals surface area (Å²) in [6, 6.07) is 13.4. The van der Waals surface area contributed by atoms with E-state index in [1.54, 1.807) is 13.3 Å². The summed E-state index contributed by atoms with van der Waals surface area (Å²) in [6.45, 7) is 2.67. The Kier molecular flexibility index (Phi) is 5.86. The number of methoxy groups -OCH3 is 1. The van der Waals surface area contributed by atoms with Gasteiger partial charge < -0.3 is 19.5 Å². The quantitative estimate of drug-likeness (QED) is 0.618. The summed E-state index contributed by atoms with van der Waals surface area (Å²) < 4.78 is 11.0. The second-order valence-corrected chi connectivity index (χ2v) is 6.88. The predicted octanol–water partition coefficient (Wildman–Crippen LogP) is 3.22. The number of rotatable bonds is 7. The van der Waals surface area contributed by atoms with E-state index in [1.807, 2.05) is 42.5 Å². The van der Waals surface area contributed by atoms with Crippen molar-refractivity contribution in [3.63, 3.8) is 0 Å². The van der Waals surface area contributed by atoms with Crippen LogP contribution < -0.4 is 9.64 Å². The second-order valence-electron chi connectivity index (χ2n) is 6.88. The van der Waals surface area contributed by atoms with Gasteiger partial charge in [-0.05, 0) is 42.7 Å². The molecular weight excluding hydrogens is 368 g/mol. The van der Waals surface area contributed by atoms with Gasteiger partial charge in [0.15, 0.2) is 5.82 Å². The summed E-state index contributed by atoms with van der Waals surface area (Å²) in [7, 11) is 1.66. The molecule has 0 aliphatic carbocycles. The maximum Gasteiger partial charge on any atom is 0.219 e. The Bertz CT molecular complexity index is 948. The number of hydrogen-bond donors (Lipinski definition) is 1. The Morgan fingerprint density at radius 3 is 2.72 bits per heavy atom. The Hall–Kier alpha value is -3.19. The largest absolute Gasteiger partial charge is 0.497 e. The number of fused-ring (bicyclic) bond motifs is 1. The fraction of sp³-hybridized carbons (Fsp3) is 0.318. The number of hydrogen-bond acceptors (Lipinski definition) is 7. The van der Waals surface area contributed by atoms with Crippen molar-refractivity contribution < 1.29 is 14.6 Å². The Labute approximate surface area is 170 Å². The van der Waals surface area contributed by atoms with E-state index in [-0.39, 0.29) is 5.88 Å². The third-order valence-electron chi connectivity index (χ3n) is 4.95. The van der Waals surface area contributed by atoms with Crippen LogP contribution in [0.4, 0.5) is 5.82 Å². The molecule has 3 aromatic rings. The molecule has 0 fully saturated rings. The van der Waals surface area contributed by atoms with Crippen molar-refractivity contribution in [3.05, 3.63) is 59.8 Å². The third kappa shape index (κ3) is 4.46. The molecular formula is C22H24N4O3. The maximum atomic E-state index is 10.4. The van der Waals surface area contributed by atoms with Crippen LogP contribution in [0.15, 0.2) is 48.7 Å². The van der Waals surface area contributed by atoms with Gasteiger partial charge in [0, 0.05) is 19.3 Å². The molecule has 1 aliphatic heterocycles. The average Bonchev–Trinajstić information content (AvgIpc) is 2.78. The van der Waals surface area contributed by atoms with Gasteiger partial charge in [-0.1, -0.05) is 18.2 Å². The zero-order valence-corrected chi connectivity index (χ0v) is 16.4. The number of aromatic nitrogens is 3. The number of aromatic hydroxyl groups is 1. The van der Waals surface area contributed by atoms with Gasteiger partial charge in [-0.2, -0.15) is 4.98 Å². The van der Waals surface area contributed by atoms with Crippen LogP contribution >= 0.6 is 0 Å². The monoisotopic (exact) mass is 392 g/mol. The highest BCUT2D eigenvalue weighted by atomic mass is 16.5. The summed E-state index contributed by atoms with van der Waals surface area (Å²) in [4.78, 5) is 15.4. The van der Waals surface area contributed by atoms with Crippen LogP contribution in [0.5, 0.6) is 11.6 Å². The topological polar surface area (TPSA) is 80.6 Å². The average molecular weight is 392 g/mol. The Morgan fingerprint density at radius 2 is 1.97 bits per heavy atom. The normalized spacial score (nSPS) is 13.2. The summed E-state index contributed by atoms with van der Waals surface area (Å²) in [5.41, 5.74) is 2.54. The van der Waals surface area contributed by atoms with Crippen molar-refractivity contribution in [2.24, 2.45) is 0 Å². The first-order chi connectivity index (χ1) is 14.2. The van der Waals surface area contributed by atoms with Gasteiger partial charge in [-0.25, -0.2) is 4.98 Å².